The van der Waals surface area contributed by atoms with Crippen LogP contribution in [-0.4, -0.2) is 32.0 Å². The maximum atomic E-state index is 12.4. The van der Waals surface area contributed by atoms with E-state index in [1.54, 1.807) is 6.20 Å². The largest absolute Gasteiger partial charge is 0.350 e. The summed E-state index contributed by atoms with van der Waals surface area (Å²) >= 11 is 0. The van der Waals surface area contributed by atoms with Crippen molar-refractivity contribution < 1.29 is 4.79 Å². The van der Waals surface area contributed by atoms with Gasteiger partial charge in [-0.15, -0.1) is 0 Å². The van der Waals surface area contributed by atoms with Crippen LogP contribution in [0, 0.1) is 12.3 Å². The first-order valence-corrected chi connectivity index (χ1v) is 8.41. The van der Waals surface area contributed by atoms with Crippen molar-refractivity contribution in [3.05, 3.63) is 53.9 Å². The van der Waals surface area contributed by atoms with Crippen molar-refractivity contribution in [2.75, 3.05) is 6.54 Å². The molecule has 128 valence electrons. The molecule has 1 amide bonds. The predicted octanol–water partition coefficient (Wildman–Crippen LogP) is 2.88. The van der Waals surface area contributed by atoms with Gasteiger partial charge in [-0.2, -0.15) is 0 Å². The summed E-state index contributed by atoms with van der Waals surface area (Å²) in [5.41, 5.74) is 3.32. The molecule has 1 aromatic carbocycles. The molecule has 0 spiro atoms. The van der Waals surface area contributed by atoms with Crippen molar-refractivity contribution in [1.29, 1.82) is 0 Å². The number of hydrogen-bond donors (Lipinski definition) is 2. The Labute approximate surface area is 146 Å². The molecule has 0 saturated carbocycles. The average molecular weight is 335 g/mol. The summed E-state index contributed by atoms with van der Waals surface area (Å²) in [6, 6.07) is 8.00. The van der Waals surface area contributed by atoms with Crippen LogP contribution < -0.4 is 5.32 Å². The second kappa shape index (κ2) is 5.58. The zero-order valence-electron chi connectivity index (χ0n) is 14.6. The van der Waals surface area contributed by atoms with Crippen molar-refractivity contribution in [2.24, 2.45) is 5.41 Å². The Balaban J connectivity index is 1.84. The van der Waals surface area contributed by atoms with Crippen LogP contribution in [0.25, 0.3) is 17.1 Å². The minimum atomic E-state index is -0.112. The molecular weight excluding hydrogens is 314 g/mol. The monoisotopic (exact) mass is 335 g/mol. The number of hydrogen-bond acceptors (Lipinski definition) is 3. The van der Waals surface area contributed by atoms with E-state index in [9.17, 15) is 4.79 Å². The molecule has 6 heteroatoms. The van der Waals surface area contributed by atoms with Gasteiger partial charge in [-0.25, -0.2) is 9.97 Å². The molecular formula is C19H21N5O. The second-order valence-electron chi connectivity index (χ2n) is 7.30. The number of nitrogens with zero attached hydrogens (tertiary/aromatic N) is 3. The summed E-state index contributed by atoms with van der Waals surface area (Å²) in [6.07, 6.45) is 4.48. The lowest BCUT2D eigenvalue weighted by atomic mass is 9.88. The fourth-order valence-electron chi connectivity index (χ4n) is 3.31. The van der Waals surface area contributed by atoms with Gasteiger partial charge in [-0.1, -0.05) is 26.0 Å². The predicted molar refractivity (Wildman–Crippen MR) is 95.7 cm³/mol. The summed E-state index contributed by atoms with van der Waals surface area (Å²) < 4.78 is 2.02. The highest BCUT2D eigenvalue weighted by Gasteiger charge is 2.30. The molecule has 3 aromatic rings. The zero-order chi connectivity index (χ0) is 17.6. The highest BCUT2D eigenvalue weighted by atomic mass is 16.1. The van der Waals surface area contributed by atoms with E-state index in [1.807, 2.05) is 42.0 Å². The van der Waals surface area contributed by atoms with Crippen LogP contribution in [0.15, 0.2) is 36.7 Å². The Morgan fingerprint density at radius 2 is 2.04 bits per heavy atom. The van der Waals surface area contributed by atoms with Crippen molar-refractivity contribution in [2.45, 2.75) is 27.2 Å². The number of rotatable bonds is 2. The lowest BCUT2D eigenvalue weighted by molar-refractivity contribution is 0.0940. The normalized spacial score (nSPS) is 16.2. The molecule has 2 aromatic heterocycles. The highest BCUT2D eigenvalue weighted by Crippen LogP contribution is 2.30. The molecule has 2 N–H and O–H groups in total. The van der Waals surface area contributed by atoms with Gasteiger partial charge in [0.15, 0.2) is 0 Å². The van der Waals surface area contributed by atoms with Crippen LogP contribution in [0.3, 0.4) is 0 Å². The van der Waals surface area contributed by atoms with Crippen LogP contribution in [0.2, 0.25) is 0 Å². The number of imidazole rings is 2. The van der Waals surface area contributed by atoms with Crippen LogP contribution in [0.1, 0.15) is 35.9 Å². The van der Waals surface area contributed by atoms with E-state index in [1.165, 1.54) is 0 Å². The highest BCUT2D eigenvalue weighted by molar-refractivity contribution is 5.94. The number of aryl methyl sites for hydroxylation is 1. The first-order chi connectivity index (χ1) is 11.9. The fourth-order valence-corrected chi connectivity index (χ4v) is 3.31. The molecule has 0 radical (unpaired) electrons. The van der Waals surface area contributed by atoms with Gasteiger partial charge in [0, 0.05) is 30.2 Å². The smallest absolute Gasteiger partial charge is 0.271 e. The Morgan fingerprint density at radius 1 is 1.24 bits per heavy atom. The van der Waals surface area contributed by atoms with Crippen molar-refractivity contribution in [3.8, 4) is 17.1 Å². The van der Waals surface area contributed by atoms with Crippen LogP contribution in [0.4, 0.5) is 0 Å². The average Bonchev–Trinajstić information content (AvgIpc) is 3.16. The number of nitrogens with one attached hydrogen (secondary N) is 2. The number of carbonyl (C=O) groups excluding carboxylic acids is 1. The molecule has 0 unspecified atom stereocenters. The first kappa shape index (κ1) is 15.6. The number of para-hydroxylation sites is 1. The summed E-state index contributed by atoms with van der Waals surface area (Å²) in [6.45, 7) is 6.90. The summed E-state index contributed by atoms with van der Waals surface area (Å²) in [5, 5.41) is 2.97. The SMILES string of the molecule is Cc1nccn1-c1ccccc1-c1nc2c([nH]1)CC(C)(C)CNC2=O. The third-order valence-electron chi connectivity index (χ3n) is 4.62. The van der Waals surface area contributed by atoms with Gasteiger partial charge in [0.2, 0.25) is 0 Å². The number of carbonyl (C=O) groups is 1. The summed E-state index contributed by atoms with van der Waals surface area (Å²) in [4.78, 5) is 24.7. The van der Waals surface area contributed by atoms with E-state index in [0.29, 0.717) is 18.1 Å². The molecule has 0 saturated heterocycles. The van der Waals surface area contributed by atoms with E-state index in [2.05, 4.69) is 34.1 Å². The van der Waals surface area contributed by atoms with Gasteiger partial charge in [0.1, 0.15) is 17.3 Å². The molecule has 4 rings (SSSR count). The molecule has 25 heavy (non-hydrogen) atoms. The number of benzene rings is 1. The van der Waals surface area contributed by atoms with E-state index in [-0.39, 0.29) is 11.3 Å². The molecule has 3 heterocycles. The van der Waals surface area contributed by atoms with Crippen molar-refractivity contribution in [1.82, 2.24) is 24.8 Å². The third-order valence-corrected chi connectivity index (χ3v) is 4.62. The first-order valence-electron chi connectivity index (χ1n) is 8.41. The molecule has 1 aliphatic heterocycles. The number of aromatic nitrogens is 4. The molecule has 0 bridgehead atoms. The summed E-state index contributed by atoms with van der Waals surface area (Å²) in [7, 11) is 0. The van der Waals surface area contributed by atoms with Gasteiger partial charge in [-0.3, -0.25) is 4.79 Å². The second-order valence-corrected chi connectivity index (χ2v) is 7.30. The molecule has 1 aliphatic rings. The molecule has 0 aliphatic carbocycles. The third kappa shape index (κ3) is 2.73. The van der Waals surface area contributed by atoms with Crippen LogP contribution >= 0.6 is 0 Å². The minimum absolute atomic E-state index is 0.00876. The Bertz CT molecular complexity index is 950. The zero-order valence-corrected chi connectivity index (χ0v) is 14.6. The Morgan fingerprint density at radius 3 is 2.80 bits per heavy atom. The molecule has 0 fully saturated rings. The van der Waals surface area contributed by atoms with Gasteiger partial charge in [0.05, 0.1) is 5.69 Å². The lowest BCUT2D eigenvalue weighted by Crippen LogP contribution is -2.32. The van der Waals surface area contributed by atoms with E-state index in [4.69, 9.17) is 0 Å². The van der Waals surface area contributed by atoms with Crippen molar-refractivity contribution in [3.63, 3.8) is 0 Å². The van der Waals surface area contributed by atoms with Gasteiger partial charge < -0.3 is 14.9 Å². The summed E-state index contributed by atoms with van der Waals surface area (Å²) in [5.74, 6) is 1.50. The molecule has 0 atom stereocenters. The quantitative estimate of drug-likeness (QED) is 0.756. The molecule has 6 nitrogen and oxygen atoms in total. The standard InChI is InChI=1S/C19H21N5O/c1-12-20-8-9-24(12)15-7-5-4-6-13(15)17-22-14-10-19(2,3)11-21-18(25)16(14)23-17/h4-9H,10-11H2,1-3H3,(H,21,25)(H,22,23). The maximum Gasteiger partial charge on any atom is 0.271 e. The topological polar surface area (TPSA) is 75.6 Å². The number of aromatic amines is 1. The van der Waals surface area contributed by atoms with E-state index >= 15 is 0 Å². The van der Waals surface area contributed by atoms with Crippen LogP contribution in [-0.2, 0) is 6.42 Å². The van der Waals surface area contributed by atoms with E-state index < -0.39 is 0 Å². The lowest BCUT2D eigenvalue weighted by Gasteiger charge is -2.21. The van der Waals surface area contributed by atoms with Gasteiger partial charge in [-0.05, 0) is 30.9 Å². The minimum Gasteiger partial charge on any atom is -0.350 e. The fraction of sp³-hybridized carbons (Fsp3) is 0.316. The number of fused-ring (bicyclic) bond motifs is 1. The maximum absolute atomic E-state index is 12.4. The van der Waals surface area contributed by atoms with Crippen LogP contribution in [0.5, 0.6) is 0 Å². The van der Waals surface area contributed by atoms with Gasteiger partial charge in [0.25, 0.3) is 5.91 Å². The number of H-pyrrole nitrogens is 1. The Kier molecular flexibility index (Phi) is 3.49. The number of amides is 1. The van der Waals surface area contributed by atoms with E-state index in [0.717, 1.165) is 29.2 Å². The van der Waals surface area contributed by atoms with Crippen molar-refractivity contribution >= 4 is 5.91 Å². The van der Waals surface area contributed by atoms with Gasteiger partial charge >= 0.3 is 0 Å². The Hall–Kier alpha value is -2.89.